The van der Waals surface area contributed by atoms with Crippen molar-refractivity contribution in [1.29, 1.82) is 0 Å². The maximum atomic E-state index is 5.61. The number of thioether (sulfide) groups is 1. The molecule has 0 aromatic heterocycles. The number of ether oxygens (including phenoxy) is 1. The van der Waals surface area contributed by atoms with Crippen molar-refractivity contribution in [3.05, 3.63) is 0 Å². The van der Waals surface area contributed by atoms with Gasteiger partial charge in [-0.15, -0.1) is 0 Å². The fraction of sp³-hybridized carbons (Fsp3) is 1.00. The summed E-state index contributed by atoms with van der Waals surface area (Å²) in [5.41, 5.74) is 5.61. The summed E-state index contributed by atoms with van der Waals surface area (Å²) in [6.07, 6.45) is 1.21. The minimum Gasteiger partial charge on any atom is -0.380 e. The second-order valence-corrected chi connectivity index (χ2v) is 4.13. The largest absolute Gasteiger partial charge is 0.380 e. The maximum absolute atomic E-state index is 5.61. The highest BCUT2D eigenvalue weighted by molar-refractivity contribution is 8.00. The average molecular weight is 161 g/mol. The first-order valence-electron chi connectivity index (χ1n) is 3.74. The lowest BCUT2D eigenvalue weighted by molar-refractivity contribution is 0.199. The van der Waals surface area contributed by atoms with Gasteiger partial charge in [0.05, 0.1) is 6.61 Å². The lowest BCUT2D eigenvalue weighted by atomic mass is 10.4. The van der Waals surface area contributed by atoms with Crippen molar-refractivity contribution in [1.82, 2.24) is 0 Å². The Labute approximate surface area is 66.5 Å². The predicted octanol–water partition coefficient (Wildman–Crippen LogP) is 0.856. The quantitative estimate of drug-likeness (QED) is 0.666. The van der Waals surface area contributed by atoms with Gasteiger partial charge in [-0.1, -0.05) is 0 Å². The Hall–Kier alpha value is 0.270. The van der Waals surface area contributed by atoms with Crippen LogP contribution in [0.25, 0.3) is 0 Å². The van der Waals surface area contributed by atoms with E-state index >= 15 is 0 Å². The molecular formula is C7H15NOS. The Balaban J connectivity index is 2.01. The van der Waals surface area contributed by atoms with E-state index in [0.717, 1.165) is 19.0 Å². The lowest BCUT2D eigenvalue weighted by Crippen LogP contribution is -2.19. The van der Waals surface area contributed by atoms with Crippen LogP contribution in [0.15, 0.2) is 0 Å². The monoisotopic (exact) mass is 161 g/mol. The molecular weight excluding hydrogens is 146 g/mol. The lowest BCUT2D eigenvalue weighted by Gasteiger charge is -2.08. The van der Waals surface area contributed by atoms with E-state index in [1.807, 2.05) is 18.7 Å². The van der Waals surface area contributed by atoms with Gasteiger partial charge in [-0.25, -0.2) is 0 Å². The zero-order valence-electron chi connectivity index (χ0n) is 6.38. The summed E-state index contributed by atoms with van der Waals surface area (Å²) in [6, 6.07) is 0.325. The third-order valence-corrected chi connectivity index (χ3v) is 3.04. The van der Waals surface area contributed by atoms with Crippen LogP contribution < -0.4 is 5.73 Å². The van der Waals surface area contributed by atoms with Gasteiger partial charge in [-0.05, 0) is 13.3 Å². The first-order chi connectivity index (χ1) is 4.79. The van der Waals surface area contributed by atoms with Gasteiger partial charge in [0.25, 0.3) is 0 Å². The van der Waals surface area contributed by atoms with Crippen molar-refractivity contribution >= 4 is 11.8 Å². The van der Waals surface area contributed by atoms with Gasteiger partial charge in [0.1, 0.15) is 0 Å². The molecule has 0 aliphatic carbocycles. The van der Waals surface area contributed by atoms with Crippen LogP contribution in [0.2, 0.25) is 0 Å². The Morgan fingerprint density at radius 1 is 1.80 bits per heavy atom. The molecule has 2 nitrogen and oxygen atoms in total. The number of nitrogens with two attached hydrogens (primary N) is 1. The second-order valence-electron chi connectivity index (χ2n) is 2.80. The summed E-state index contributed by atoms with van der Waals surface area (Å²) in [5, 5.41) is 0.714. The molecule has 0 bridgehead atoms. The molecule has 0 amide bonds. The molecule has 60 valence electrons. The van der Waals surface area contributed by atoms with Gasteiger partial charge in [0.2, 0.25) is 0 Å². The van der Waals surface area contributed by atoms with Gasteiger partial charge in [-0.2, -0.15) is 11.8 Å². The van der Waals surface area contributed by atoms with E-state index in [2.05, 4.69) is 0 Å². The molecule has 1 rings (SSSR count). The van der Waals surface area contributed by atoms with Crippen LogP contribution in [0.4, 0.5) is 0 Å². The Morgan fingerprint density at radius 2 is 2.60 bits per heavy atom. The van der Waals surface area contributed by atoms with Crippen molar-refractivity contribution in [2.24, 2.45) is 5.73 Å². The molecule has 0 radical (unpaired) electrons. The standard InChI is InChI=1S/C7H15NOS/c1-6(8)5-10-7-2-3-9-4-7/h6-7H,2-5,8H2,1H3. The highest BCUT2D eigenvalue weighted by Gasteiger charge is 2.15. The maximum Gasteiger partial charge on any atom is 0.0585 e. The van der Waals surface area contributed by atoms with Gasteiger partial charge in [-0.3, -0.25) is 0 Å². The molecule has 1 saturated heterocycles. The van der Waals surface area contributed by atoms with Gasteiger partial charge >= 0.3 is 0 Å². The average Bonchev–Trinajstić information content (AvgIpc) is 2.34. The van der Waals surface area contributed by atoms with Crippen molar-refractivity contribution in [3.63, 3.8) is 0 Å². The Kier molecular flexibility index (Phi) is 3.52. The van der Waals surface area contributed by atoms with E-state index in [1.165, 1.54) is 6.42 Å². The zero-order chi connectivity index (χ0) is 7.40. The van der Waals surface area contributed by atoms with Crippen molar-refractivity contribution in [3.8, 4) is 0 Å². The van der Waals surface area contributed by atoms with E-state index in [9.17, 15) is 0 Å². The van der Waals surface area contributed by atoms with E-state index < -0.39 is 0 Å². The molecule has 0 spiro atoms. The normalized spacial score (nSPS) is 28.8. The van der Waals surface area contributed by atoms with Crippen molar-refractivity contribution in [2.75, 3.05) is 19.0 Å². The van der Waals surface area contributed by atoms with Crippen LogP contribution >= 0.6 is 11.8 Å². The van der Waals surface area contributed by atoms with Crippen LogP contribution in [0.5, 0.6) is 0 Å². The van der Waals surface area contributed by atoms with E-state index in [1.54, 1.807) is 0 Å². The summed E-state index contributed by atoms with van der Waals surface area (Å²) in [7, 11) is 0. The zero-order valence-corrected chi connectivity index (χ0v) is 7.19. The number of rotatable bonds is 3. The molecule has 2 N–H and O–H groups in total. The van der Waals surface area contributed by atoms with Gasteiger partial charge < -0.3 is 10.5 Å². The molecule has 2 unspecified atom stereocenters. The summed E-state index contributed by atoms with van der Waals surface area (Å²) in [6.45, 7) is 3.91. The minimum absolute atomic E-state index is 0.325. The molecule has 0 aromatic carbocycles. The predicted molar refractivity (Wildman–Crippen MR) is 45.3 cm³/mol. The molecule has 1 heterocycles. The first kappa shape index (κ1) is 8.37. The summed E-state index contributed by atoms with van der Waals surface area (Å²) >= 11 is 1.94. The van der Waals surface area contributed by atoms with Crippen LogP contribution in [0, 0.1) is 0 Å². The molecule has 2 atom stereocenters. The Morgan fingerprint density at radius 3 is 3.10 bits per heavy atom. The van der Waals surface area contributed by atoms with Crippen molar-refractivity contribution < 1.29 is 4.74 Å². The van der Waals surface area contributed by atoms with Crippen LogP contribution in [-0.2, 0) is 4.74 Å². The summed E-state index contributed by atoms with van der Waals surface area (Å²) in [5.74, 6) is 1.06. The van der Waals surface area contributed by atoms with Crippen LogP contribution in [-0.4, -0.2) is 30.3 Å². The molecule has 0 saturated carbocycles. The fourth-order valence-corrected chi connectivity index (χ4v) is 1.96. The fourth-order valence-electron chi connectivity index (χ4n) is 0.932. The minimum atomic E-state index is 0.325. The Bertz CT molecular complexity index is 91.6. The molecule has 1 fully saturated rings. The van der Waals surface area contributed by atoms with Gasteiger partial charge in [0.15, 0.2) is 0 Å². The van der Waals surface area contributed by atoms with E-state index in [4.69, 9.17) is 10.5 Å². The third kappa shape index (κ3) is 2.90. The van der Waals surface area contributed by atoms with E-state index in [0.29, 0.717) is 11.3 Å². The van der Waals surface area contributed by atoms with Crippen molar-refractivity contribution in [2.45, 2.75) is 24.6 Å². The second kappa shape index (κ2) is 4.21. The van der Waals surface area contributed by atoms with E-state index in [-0.39, 0.29) is 0 Å². The highest BCUT2D eigenvalue weighted by Crippen LogP contribution is 2.20. The molecule has 3 heteroatoms. The van der Waals surface area contributed by atoms with Gasteiger partial charge in [0, 0.05) is 23.7 Å². The SMILES string of the molecule is CC(N)CSC1CCOC1. The molecule has 0 aromatic rings. The summed E-state index contributed by atoms with van der Waals surface area (Å²) in [4.78, 5) is 0. The van der Waals surface area contributed by atoms with Crippen LogP contribution in [0.3, 0.4) is 0 Å². The van der Waals surface area contributed by atoms with Crippen LogP contribution in [0.1, 0.15) is 13.3 Å². The number of hydrogen-bond donors (Lipinski definition) is 1. The third-order valence-electron chi connectivity index (χ3n) is 1.48. The molecule has 10 heavy (non-hydrogen) atoms. The highest BCUT2D eigenvalue weighted by atomic mass is 32.2. The smallest absolute Gasteiger partial charge is 0.0585 e. The summed E-state index contributed by atoms with van der Waals surface area (Å²) < 4.78 is 5.23. The molecule has 1 aliphatic rings. The molecule has 1 aliphatic heterocycles. The topological polar surface area (TPSA) is 35.2 Å². The first-order valence-corrected chi connectivity index (χ1v) is 4.79. The number of hydrogen-bond acceptors (Lipinski definition) is 3.